The molecule has 0 spiro atoms. The van der Waals surface area contributed by atoms with Crippen LogP contribution in [0.5, 0.6) is 0 Å². The van der Waals surface area contributed by atoms with Gasteiger partial charge in [-0.1, -0.05) is 127 Å². The Kier molecular flexibility index (Phi) is 7.33. The summed E-state index contributed by atoms with van der Waals surface area (Å²) in [6.45, 7) is 0. The van der Waals surface area contributed by atoms with Gasteiger partial charge in [0.05, 0.1) is 33.1 Å². The number of rotatable bonds is 5. The van der Waals surface area contributed by atoms with Crippen molar-refractivity contribution >= 4 is 87.4 Å². The van der Waals surface area contributed by atoms with Gasteiger partial charge in [-0.2, -0.15) is 0 Å². The number of hydrogen-bond donors (Lipinski definition) is 0. The van der Waals surface area contributed by atoms with Crippen molar-refractivity contribution in [3.8, 4) is 39.3 Å². The van der Waals surface area contributed by atoms with Crippen LogP contribution in [0.2, 0.25) is 0 Å². The molecule has 0 unspecified atom stereocenters. The van der Waals surface area contributed by atoms with Gasteiger partial charge >= 0.3 is 0 Å². The molecule has 0 amide bonds. The fourth-order valence-corrected chi connectivity index (χ4v) is 10.6. The predicted molar refractivity (Wildman–Crippen MR) is 265 cm³/mol. The van der Waals surface area contributed by atoms with E-state index in [1.54, 1.807) is 0 Å². The van der Waals surface area contributed by atoms with Gasteiger partial charge < -0.3 is 18.1 Å². The van der Waals surface area contributed by atoms with Crippen LogP contribution >= 0.6 is 0 Å². The highest BCUT2D eigenvalue weighted by molar-refractivity contribution is 6.20. The second kappa shape index (κ2) is 13.4. The first-order valence-electron chi connectivity index (χ1n) is 21.8. The lowest BCUT2D eigenvalue weighted by atomic mass is 9.91. The smallest absolute Gasteiger partial charge is 0.146 e. The Labute approximate surface area is 366 Å². The summed E-state index contributed by atoms with van der Waals surface area (Å²) >= 11 is 0. The van der Waals surface area contributed by atoms with Crippen molar-refractivity contribution in [1.82, 2.24) is 18.7 Å². The van der Waals surface area contributed by atoms with E-state index in [4.69, 9.17) is 9.40 Å². The number of fused-ring (bicyclic) bond motifs is 12. The third-order valence-electron chi connectivity index (χ3n) is 13.3. The summed E-state index contributed by atoms with van der Waals surface area (Å²) in [5, 5.41) is 9.25. The van der Waals surface area contributed by atoms with Crippen LogP contribution in [0.4, 0.5) is 0 Å². The highest BCUT2D eigenvalue weighted by Crippen LogP contribution is 2.47. The number of nitrogens with zero attached hydrogens (tertiary/aromatic N) is 4. The first-order chi connectivity index (χ1) is 31.8. The molecular weight excluding hydrogens is 781 g/mol. The molecule has 0 N–H and O–H groups in total. The van der Waals surface area contributed by atoms with Crippen molar-refractivity contribution in [1.29, 1.82) is 0 Å². The summed E-state index contributed by atoms with van der Waals surface area (Å²) in [4.78, 5) is 4.92. The maximum Gasteiger partial charge on any atom is 0.146 e. The molecule has 0 saturated carbocycles. The lowest BCUT2D eigenvalue weighted by Crippen LogP contribution is -1.98. The van der Waals surface area contributed by atoms with E-state index in [2.05, 4.69) is 208 Å². The SMILES string of the molecule is c1ccc(-n2c3ccccc3c3cc(-n4c5ccccc5c5cccc(-c6cc7c8ccccc8n(-c8ccccc8)c7cc6-c6cncc7c6oc6ccccc67)c54)ccc32)cc1. The van der Waals surface area contributed by atoms with Crippen LogP contribution in [0.15, 0.2) is 223 Å². The Morgan fingerprint density at radius 3 is 1.53 bits per heavy atom. The third kappa shape index (κ3) is 4.92. The van der Waals surface area contributed by atoms with E-state index < -0.39 is 0 Å². The second-order valence-corrected chi connectivity index (χ2v) is 16.7. The Bertz CT molecular complexity index is 4190. The summed E-state index contributed by atoms with van der Waals surface area (Å²) in [7, 11) is 0. The number of aromatic nitrogens is 4. The monoisotopic (exact) mass is 816 g/mol. The van der Waals surface area contributed by atoms with Gasteiger partial charge in [0.25, 0.3) is 0 Å². The fraction of sp³-hybridized carbons (Fsp3) is 0. The van der Waals surface area contributed by atoms with Gasteiger partial charge in [-0.25, -0.2) is 0 Å². The van der Waals surface area contributed by atoms with Gasteiger partial charge in [0.15, 0.2) is 0 Å². The van der Waals surface area contributed by atoms with Gasteiger partial charge in [-0.15, -0.1) is 0 Å². The molecule has 64 heavy (non-hydrogen) atoms. The van der Waals surface area contributed by atoms with Crippen LogP contribution in [0.1, 0.15) is 0 Å². The van der Waals surface area contributed by atoms with E-state index in [0.717, 1.165) is 83.3 Å². The van der Waals surface area contributed by atoms with Gasteiger partial charge in [0.2, 0.25) is 0 Å². The van der Waals surface area contributed by atoms with Crippen LogP contribution < -0.4 is 0 Å². The normalized spacial score (nSPS) is 12.1. The molecule has 0 aliphatic carbocycles. The first-order valence-corrected chi connectivity index (χ1v) is 21.8. The molecule has 14 rings (SSSR count). The third-order valence-corrected chi connectivity index (χ3v) is 13.3. The second-order valence-electron chi connectivity index (χ2n) is 16.7. The number of pyridine rings is 1. The van der Waals surface area contributed by atoms with Crippen molar-refractivity contribution in [3.63, 3.8) is 0 Å². The number of benzene rings is 9. The molecule has 0 fully saturated rings. The van der Waals surface area contributed by atoms with Crippen molar-refractivity contribution in [2.24, 2.45) is 0 Å². The number of para-hydroxylation sites is 7. The van der Waals surface area contributed by atoms with E-state index >= 15 is 0 Å². The van der Waals surface area contributed by atoms with Crippen molar-refractivity contribution < 1.29 is 4.42 Å². The van der Waals surface area contributed by atoms with E-state index in [-0.39, 0.29) is 0 Å². The molecule has 0 atom stereocenters. The van der Waals surface area contributed by atoms with Crippen LogP contribution in [-0.4, -0.2) is 18.7 Å². The van der Waals surface area contributed by atoms with Crippen LogP contribution in [0, 0.1) is 0 Å². The summed E-state index contributed by atoms with van der Waals surface area (Å²) in [5.41, 5.74) is 16.2. The minimum Gasteiger partial charge on any atom is -0.455 e. The maximum atomic E-state index is 6.80. The zero-order valence-electron chi connectivity index (χ0n) is 34.5. The minimum atomic E-state index is 0.826. The van der Waals surface area contributed by atoms with E-state index in [0.29, 0.717) is 0 Å². The molecule has 14 aromatic rings. The van der Waals surface area contributed by atoms with E-state index in [9.17, 15) is 0 Å². The Morgan fingerprint density at radius 1 is 0.297 bits per heavy atom. The van der Waals surface area contributed by atoms with Crippen molar-refractivity contribution in [2.75, 3.05) is 0 Å². The summed E-state index contributed by atoms with van der Waals surface area (Å²) in [5.74, 6) is 0. The number of furan rings is 1. The lowest BCUT2D eigenvalue weighted by Gasteiger charge is -2.17. The van der Waals surface area contributed by atoms with E-state index in [1.165, 1.54) is 43.4 Å². The molecule has 9 aromatic carbocycles. The van der Waals surface area contributed by atoms with Gasteiger partial charge in [0, 0.05) is 83.7 Å². The molecule has 0 aliphatic rings. The average Bonchev–Trinajstić information content (AvgIpc) is 4.10. The van der Waals surface area contributed by atoms with Gasteiger partial charge in [-0.3, -0.25) is 4.98 Å². The molecule has 0 bridgehead atoms. The lowest BCUT2D eigenvalue weighted by molar-refractivity contribution is 0.669. The zero-order valence-corrected chi connectivity index (χ0v) is 34.5. The highest BCUT2D eigenvalue weighted by Gasteiger charge is 2.24. The van der Waals surface area contributed by atoms with Crippen LogP contribution in [-0.2, 0) is 0 Å². The largest absolute Gasteiger partial charge is 0.455 e. The molecule has 0 aliphatic heterocycles. The quantitative estimate of drug-likeness (QED) is 0.174. The molecule has 5 heterocycles. The molecule has 298 valence electrons. The maximum absolute atomic E-state index is 6.80. The minimum absolute atomic E-state index is 0.826. The molecular formula is C59H36N4O. The van der Waals surface area contributed by atoms with Crippen molar-refractivity contribution in [3.05, 3.63) is 219 Å². The van der Waals surface area contributed by atoms with Gasteiger partial charge in [0.1, 0.15) is 11.2 Å². The highest BCUT2D eigenvalue weighted by atomic mass is 16.3. The molecule has 5 aromatic heterocycles. The Balaban J connectivity index is 1.12. The van der Waals surface area contributed by atoms with Crippen LogP contribution in [0.25, 0.3) is 127 Å². The average molecular weight is 817 g/mol. The molecule has 5 heteroatoms. The standard InChI is InChI=1S/C59H36N4O/c1-3-16-37(17-4-1)61-52-26-11-8-21-41(52)48-32-39(30-31-55(48)61)63-54-28-13-7-20-40(54)44-24-15-25-45(58(44)63)46-33-49-42-22-9-12-27-53(42)62(38-18-5-2-6-19-38)56(49)34-47(46)51-36-60-35-50-43-23-10-14-29-57(43)64-59(50)51/h1-36H. The predicted octanol–water partition coefficient (Wildman–Crippen LogP) is 15.6. The first kappa shape index (κ1) is 35.0. The van der Waals surface area contributed by atoms with Gasteiger partial charge in [-0.05, 0) is 90.0 Å². The molecule has 5 nitrogen and oxygen atoms in total. The summed E-state index contributed by atoms with van der Waals surface area (Å²) in [6, 6.07) is 74.5. The Morgan fingerprint density at radius 2 is 0.828 bits per heavy atom. The van der Waals surface area contributed by atoms with E-state index in [1.807, 2.05) is 24.5 Å². The topological polar surface area (TPSA) is 40.8 Å². The summed E-state index contributed by atoms with van der Waals surface area (Å²) < 4.78 is 14.1. The zero-order chi connectivity index (χ0) is 41.9. The fourth-order valence-electron chi connectivity index (χ4n) is 10.6. The summed E-state index contributed by atoms with van der Waals surface area (Å²) in [6.07, 6.45) is 3.92. The molecule has 0 radical (unpaired) electrons. The van der Waals surface area contributed by atoms with Crippen molar-refractivity contribution in [2.45, 2.75) is 0 Å². The van der Waals surface area contributed by atoms with Crippen LogP contribution in [0.3, 0.4) is 0 Å². The Hall–Kier alpha value is -8.67. The number of hydrogen-bond acceptors (Lipinski definition) is 2. The molecule has 0 saturated heterocycles.